The molecule has 0 fully saturated rings. The number of hydrogen-bond donors (Lipinski definition) is 2. The van der Waals surface area contributed by atoms with Crippen LogP contribution in [0.25, 0.3) is 43.6 Å². The van der Waals surface area contributed by atoms with E-state index in [-0.39, 0.29) is 0 Å². The summed E-state index contributed by atoms with van der Waals surface area (Å²) in [5, 5.41) is 9.90. The molecule has 0 aliphatic heterocycles. The van der Waals surface area contributed by atoms with Crippen LogP contribution in [0, 0.1) is 12.8 Å². The zero-order chi connectivity index (χ0) is 34.5. The molecule has 0 radical (unpaired) electrons. The Morgan fingerprint density at radius 1 is 0.765 bits per heavy atom. The van der Waals surface area contributed by atoms with Crippen molar-refractivity contribution in [3.63, 3.8) is 0 Å². The van der Waals surface area contributed by atoms with Gasteiger partial charge in [0, 0.05) is 33.5 Å². The smallest absolute Gasteiger partial charge is 0.134 e. The van der Waals surface area contributed by atoms with Crippen LogP contribution in [0.3, 0.4) is 0 Å². The van der Waals surface area contributed by atoms with E-state index >= 15 is 0 Å². The number of para-hydroxylation sites is 1. The van der Waals surface area contributed by atoms with Crippen molar-refractivity contribution in [3.05, 3.63) is 162 Å². The molecule has 3 atom stereocenters. The van der Waals surface area contributed by atoms with E-state index in [4.69, 9.17) is 10.2 Å². The fraction of sp³-hybridized carbons (Fsp3) is 0.191. The highest BCUT2D eigenvalue weighted by Gasteiger charge is 2.35. The van der Waals surface area contributed by atoms with Crippen LogP contribution in [0.1, 0.15) is 54.9 Å². The molecule has 2 aliphatic rings. The minimum atomic E-state index is 0.350. The Labute approximate surface area is 299 Å². The number of nitrogens with two attached hydrogens (primary N) is 1. The zero-order valence-electron chi connectivity index (χ0n) is 29.3. The zero-order valence-corrected chi connectivity index (χ0v) is 29.3. The lowest BCUT2D eigenvalue weighted by atomic mass is 9.73. The van der Waals surface area contributed by atoms with Crippen molar-refractivity contribution in [2.45, 2.75) is 44.9 Å². The van der Waals surface area contributed by atoms with Gasteiger partial charge in [-0.05, 0) is 89.6 Å². The van der Waals surface area contributed by atoms with Gasteiger partial charge < -0.3 is 20.4 Å². The maximum atomic E-state index is 6.96. The molecular weight excluding hydrogens is 623 g/mol. The van der Waals surface area contributed by atoms with E-state index in [2.05, 4.69) is 158 Å². The van der Waals surface area contributed by atoms with Crippen molar-refractivity contribution >= 4 is 49.6 Å². The lowest BCUT2D eigenvalue weighted by Gasteiger charge is -2.33. The molecule has 3 N–H and O–H groups in total. The van der Waals surface area contributed by atoms with Gasteiger partial charge in [0.2, 0.25) is 0 Å². The number of nitrogens with zero attached hydrogens (tertiary/aromatic N) is 1. The SMILES string of the molecule is Cc1ccccc1-c1c(N(CNC2=CC(C3CCC(C)c4c3oc3ccccc43)CC=C2)c2c(N)ccc3ccccc23)ccc2ccccc12. The molecule has 252 valence electrons. The number of rotatable bonds is 7. The van der Waals surface area contributed by atoms with E-state index in [0.29, 0.717) is 24.4 Å². The molecule has 0 saturated heterocycles. The van der Waals surface area contributed by atoms with Crippen LogP contribution in [0.15, 0.2) is 150 Å². The first-order valence-corrected chi connectivity index (χ1v) is 18.3. The Bertz CT molecular complexity index is 2490. The molecule has 3 unspecified atom stereocenters. The highest BCUT2D eigenvalue weighted by Crippen LogP contribution is 2.49. The van der Waals surface area contributed by atoms with Gasteiger partial charge in [0.25, 0.3) is 0 Å². The second-order valence-corrected chi connectivity index (χ2v) is 14.4. The number of benzene rings is 6. The van der Waals surface area contributed by atoms with Crippen LogP contribution in [0.5, 0.6) is 0 Å². The lowest BCUT2D eigenvalue weighted by molar-refractivity contribution is 0.351. The highest BCUT2D eigenvalue weighted by atomic mass is 16.3. The Balaban J connectivity index is 1.15. The first kappa shape index (κ1) is 31.3. The molecule has 0 bridgehead atoms. The number of anilines is 3. The number of furan rings is 1. The van der Waals surface area contributed by atoms with Crippen LogP contribution in [-0.2, 0) is 0 Å². The summed E-state index contributed by atoms with van der Waals surface area (Å²) in [4.78, 5) is 2.39. The average molecular weight is 666 g/mol. The largest absolute Gasteiger partial charge is 0.460 e. The molecule has 9 rings (SSSR count). The summed E-state index contributed by atoms with van der Waals surface area (Å²) in [6, 6.07) is 43.2. The minimum Gasteiger partial charge on any atom is -0.460 e. The molecule has 4 nitrogen and oxygen atoms in total. The summed E-state index contributed by atoms with van der Waals surface area (Å²) in [6.07, 6.45) is 10.3. The fourth-order valence-electron chi connectivity index (χ4n) is 8.74. The van der Waals surface area contributed by atoms with E-state index in [9.17, 15) is 0 Å². The van der Waals surface area contributed by atoms with Gasteiger partial charge in [0.1, 0.15) is 11.3 Å². The minimum absolute atomic E-state index is 0.350. The third-order valence-corrected chi connectivity index (χ3v) is 11.3. The van der Waals surface area contributed by atoms with Crippen LogP contribution in [0.2, 0.25) is 0 Å². The fourth-order valence-corrected chi connectivity index (χ4v) is 8.74. The molecule has 4 heteroatoms. The topological polar surface area (TPSA) is 54.4 Å². The van der Waals surface area contributed by atoms with Crippen molar-refractivity contribution in [1.29, 1.82) is 0 Å². The summed E-state index contributed by atoms with van der Waals surface area (Å²) in [5.74, 6) is 2.40. The van der Waals surface area contributed by atoms with Gasteiger partial charge in [-0.15, -0.1) is 0 Å². The third kappa shape index (κ3) is 5.47. The summed E-state index contributed by atoms with van der Waals surface area (Å²) in [7, 11) is 0. The summed E-state index contributed by atoms with van der Waals surface area (Å²) < 4.78 is 6.63. The monoisotopic (exact) mass is 665 g/mol. The maximum Gasteiger partial charge on any atom is 0.134 e. The van der Waals surface area contributed by atoms with E-state index < -0.39 is 0 Å². The Morgan fingerprint density at radius 2 is 1.47 bits per heavy atom. The van der Waals surface area contributed by atoms with Crippen molar-refractivity contribution in [2.75, 3.05) is 17.3 Å². The standard InChI is InChI=1S/C47H43N3O/c1-30-12-3-6-17-36(30)45-37-18-7-4-13-32(37)24-27-42(45)50(46-38-19-8-5-14-33(38)23-26-41(46)48)29-49-35-16-11-15-34(28-35)39-25-22-31(2)44-40-20-9-10-21-43(40)51-47(39)44/h3-14,16-21,23-24,26-28,31,34,39,49H,15,22,25,29,48H2,1-2H3. The van der Waals surface area contributed by atoms with Crippen LogP contribution in [-0.4, -0.2) is 6.67 Å². The molecule has 7 aromatic rings. The third-order valence-electron chi connectivity index (χ3n) is 11.3. The van der Waals surface area contributed by atoms with Crippen LogP contribution >= 0.6 is 0 Å². The lowest BCUT2D eigenvalue weighted by Crippen LogP contribution is -2.32. The number of nitrogens with one attached hydrogen (secondary N) is 1. The molecule has 2 aliphatic carbocycles. The van der Waals surface area contributed by atoms with E-state index in [1.54, 1.807) is 0 Å². The Morgan fingerprint density at radius 3 is 2.31 bits per heavy atom. The normalized spacial score (nSPS) is 18.5. The molecule has 51 heavy (non-hydrogen) atoms. The second kappa shape index (κ2) is 12.9. The average Bonchev–Trinajstić information content (AvgIpc) is 3.56. The molecule has 0 amide bonds. The van der Waals surface area contributed by atoms with Crippen molar-refractivity contribution in [1.82, 2.24) is 5.32 Å². The van der Waals surface area contributed by atoms with Crippen molar-refractivity contribution in [3.8, 4) is 11.1 Å². The first-order valence-electron chi connectivity index (χ1n) is 18.3. The van der Waals surface area contributed by atoms with E-state index in [1.165, 1.54) is 50.6 Å². The van der Waals surface area contributed by atoms with Crippen LogP contribution < -0.4 is 16.0 Å². The first-order chi connectivity index (χ1) is 25.0. The summed E-state index contributed by atoms with van der Waals surface area (Å²) in [6.45, 7) is 5.09. The van der Waals surface area contributed by atoms with Crippen molar-refractivity contribution in [2.24, 2.45) is 5.92 Å². The Kier molecular flexibility index (Phi) is 7.88. The number of allylic oxidation sites excluding steroid dienone is 3. The number of aryl methyl sites for hydroxylation is 1. The van der Waals surface area contributed by atoms with Gasteiger partial charge in [-0.1, -0.05) is 122 Å². The molecule has 0 saturated carbocycles. The second-order valence-electron chi connectivity index (χ2n) is 14.4. The summed E-state index contributed by atoms with van der Waals surface area (Å²) >= 11 is 0. The Hall–Kier alpha value is -5.74. The van der Waals surface area contributed by atoms with E-state index in [1.807, 2.05) is 6.07 Å². The van der Waals surface area contributed by atoms with Crippen LogP contribution in [0.4, 0.5) is 17.1 Å². The molecule has 6 aromatic carbocycles. The highest BCUT2D eigenvalue weighted by molar-refractivity contribution is 6.08. The predicted molar refractivity (Wildman–Crippen MR) is 215 cm³/mol. The molecule has 1 aromatic heterocycles. The maximum absolute atomic E-state index is 6.96. The quantitative estimate of drug-likeness (QED) is 0.131. The van der Waals surface area contributed by atoms with Gasteiger partial charge in [0.05, 0.1) is 23.7 Å². The number of hydrogen-bond acceptors (Lipinski definition) is 4. The predicted octanol–water partition coefficient (Wildman–Crippen LogP) is 12.1. The summed E-state index contributed by atoms with van der Waals surface area (Å²) in [5.41, 5.74) is 17.1. The van der Waals surface area contributed by atoms with E-state index in [0.717, 1.165) is 52.0 Å². The number of fused-ring (bicyclic) bond motifs is 5. The van der Waals surface area contributed by atoms with Gasteiger partial charge in [0.15, 0.2) is 0 Å². The van der Waals surface area contributed by atoms with Gasteiger partial charge in [-0.2, -0.15) is 0 Å². The van der Waals surface area contributed by atoms with Gasteiger partial charge >= 0.3 is 0 Å². The molecular formula is C47H43N3O. The van der Waals surface area contributed by atoms with Gasteiger partial charge in [-0.25, -0.2) is 0 Å². The molecule has 0 spiro atoms. The van der Waals surface area contributed by atoms with Crippen molar-refractivity contribution < 1.29 is 4.42 Å². The number of nitrogen functional groups attached to an aromatic ring is 1. The van der Waals surface area contributed by atoms with Gasteiger partial charge in [-0.3, -0.25) is 0 Å². The molecule has 1 heterocycles.